The second-order valence-electron chi connectivity index (χ2n) is 8.71. The van der Waals surface area contributed by atoms with Crippen LogP contribution in [0.1, 0.15) is 49.8 Å². The summed E-state index contributed by atoms with van der Waals surface area (Å²) in [5, 5.41) is 10.3. The summed E-state index contributed by atoms with van der Waals surface area (Å²) in [4.78, 5) is 27.7. The molecule has 7 heteroatoms. The van der Waals surface area contributed by atoms with Crippen LogP contribution in [0.4, 0.5) is 0 Å². The molecule has 0 amide bonds. The molecular weight excluding hydrogens is 422 g/mol. The first kappa shape index (κ1) is 23.1. The SMILES string of the molecule is CCC(CC)C(=O)CN1CC(c2ccc3c(c2)OCO3)C(C(=O)O)C1c1ccc(OC)cc1. The molecule has 3 atom stereocenters. The maximum atomic E-state index is 13.1. The van der Waals surface area contributed by atoms with Gasteiger partial charge in [0, 0.05) is 24.4 Å². The van der Waals surface area contributed by atoms with Gasteiger partial charge in [-0.1, -0.05) is 32.0 Å². The molecule has 0 aromatic heterocycles. The summed E-state index contributed by atoms with van der Waals surface area (Å²) in [5.74, 6) is 0.252. The fourth-order valence-corrected chi connectivity index (χ4v) is 5.15. The van der Waals surface area contributed by atoms with Crippen molar-refractivity contribution in [2.45, 2.75) is 38.6 Å². The van der Waals surface area contributed by atoms with Gasteiger partial charge >= 0.3 is 5.97 Å². The van der Waals surface area contributed by atoms with Crippen molar-refractivity contribution < 1.29 is 28.9 Å². The van der Waals surface area contributed by atoms with Crippen LogP contribution in [0.15, 0.2) is 42.5 Å². The number of rotatable bonds is 9. The third kappa shape index (κ3) is 4.55. The van der Waals surface area contributed by atoms with Gasteiger partial charge in [-0.15, -0.1) is 0 Å². The van der Waals surface area contributed by atoms with Crippen molar-refractivity contribution in [3.05, 3.63) is 53.6 Å². The number of ketones is 1. The van der Waals surface area contributed by atoms with Crippen molar-refractivity contribution in [3.63, 3.8) is 0 Å². The molecule has 2 aliphatic heterocycles. The predicted molar refractivity (Wildman–Crippen MR) is 123 cm³/mol. The molecule has 0 spiro atoms. The quantitative estimate of drug-likeness (QED) is 0.607. The molecule has 0 radical (unpaired) electrons. The summed E-state index contributed by atoms with van der Waals surface area (Å²) in [6.07, 6.45) is 1.56. The van der Waals surface area contributed by atoms with Gasteiger partial charge in [-0.25, -0.2) is 0 Å². The predicted octanol–water partition coefficient (Wildman–Crippen LogP) is 4.27. The molecule has 4 rings (SSSR count). The molecule has 33 heavy (non-hydrogen) atoms. The molecule has 2 aliphatic rings. The van der Waals surface area contributed by atoms with E-state index in [1.54, 1.807) is 7.11 Å². The van der Waals surface area contributed by atoms with Gasteiger partial charge in [0.25, 0.3) is 0 Å². The van der Waals surface area contributed by atoms with E-state index >= 15 is 0 Å². The molecule has 0 saturated carbocycles. The van der Waals surface area contributed by atoms with Crippen molar-refractivity contribution in [2.24, 2.45) is 11.8 Å². The Morgan fingerprint density at radius 1 is 1.06 bits per heavy atom. The molecule has 0 aliphatic carbocycles. The van der Waals surface area contributed by atoms with Gasteiger partial charge in [-0.3, -0.25) is 14.5 Å². The fourth-order valence-electron chi connectivity index (χ4n) is 5.15. The highest BCUT2D eigenvalue weighted by Gasteiger charge is 2.48. The number of fused-ring (bicyclic) bond motifs is 1. The highest BCUT2D eigenvalue weighted by atomic mass is 16.7. The Morgan fingerprint density at radius 3 is 2.36 bits per heavy atom. The Balaban J connectivity index is 1.72. The van der Waals surface area contributed by atoms with E-state index in [-0.39, 0.29) is 31.0 Å². The number of carboxylic acids is 1. The summed E-state index contributed by atoms with van der Waals surface area (Å²) in [6, 6.07) is 12.7. The van der Waals surface area contributed by atoms with Crippen LogP contribution >= 0.6 is 0 Å². The van der Waals surface area contributed by atoms with Gasteiger partial charge < -0.3 is 19.3 Å². The van der Waals surface area contributed by atoms with Crippen LogP contribution in [-0.2, 0) is 9.59 Å². The number of benzene rings is 2. The van der Waals surface area contributed by atoms with Crippen molar-refractivity contribution in [3.8, 4) is 17.2 Å². The van der Waals surface area contributed by atoms with Gasteiger partial charge in [0.05, 0.1) is 19.6 Å². The second kappa shape index (κ2) is 9.83. The summed E-state index contributed by atoms with van der Waals surface area (Å²) >= 11 is 0. The van der Waals surface area contributed by atoms with Gasteiger partial charge in [0.15, 0.2) is 11.5 Å². The molecule has 2 aromatic carbocycles. The minimum atomic E-state index is -0.879. The third-order valence-corrected chi connectivity index (χ3v) is 6.97. The fraction of sp³-hybridized carbons (Fsp3) is 0.462. The van der Waals surface area contributed by atoms with Crippen molar-refractivity contribution in [2.75, 3.05) is 27.0 Å². The number of likely N-dealkylation sites (tertiary alicyclic amines) is 1. The molecule has 2 aromatic rings. The van der Waals surface area contributed by atoms with Gasteiger partial charge in [0.1, 0.15) is 11.5 Å². The number of carbonyl (C=O) groups is 2. The Kier molecular flexibility index (Phi) is 6.88. The van der Waals surface area contributed by atoms with Crippen molar-refractivity contribution >= 4 is 11.8 Å². The van der Waals surface area contributed by atoms with Crippen molar-refractivity contribution in [1.82, 2.24) is 4.90 Å². The normalized spacial score (nSPS) is 22.0. The van der Waals surface area contributed by atoms with Crippen LogP contribution in [0.25, 0.3) is 0 Å². The first-order valence-corrected chi connectivity index (χ1v) is 11.5. The highest BCUT2D eigenvalue weighted by Crippen LogP contribution is 2.47. The first-order valence-electron chi connectivity index (χ1n) is 11.5. The maximum Gasteiger partial charge on any atom is 0.309 e. The molecule has 2 heterocycles. The van der Waals surface area contributed by atoms with Crippen LogP contribution in [-0.4, -0.2) is 48.8 Å². The number of hydrogen-bond acceptors (Lipinski definition) is 6. The Hall–Kier alpha value is -3.06. The minimum absolute atomic E-state index is 0.0191. The lowest BCUT2D eigenvalue weighted by atomic mass is 9.82. The summed E-state index contributed by atoms with van der Waals surface area (Å²) in [7, 11) is 1.60. The first-order chi connectivity index (χ1) is 16.0. The molecule has 1 saturated heterocycles. The van der Waals surface area contributed by atoms with Crippen LogP contribution in [0.2, 0.25) is 0 Å². The van der Waals surface area contributed by atoms with E-state index in [1.165, 1.54) is 0 Å². The highest BCUT2D eigenvalue weighted by molar-refractivity contribution is 5.83. The van der Waals surface area contributed by atoms with E-state index in [0.717, 1.165) is 24.0 Å². The smallest absolute Gasteiger partial charge is 0.309 e. The molecule has 1 N–H and O–H groups in total. The standard InChI is InChI=1S/C26H31NO6/c1-4-16(5-2)21(28)14-27-13-20(18-8-11-22-23(12-18)33-15-32-22)24(26(29)30)25(27)17-6-9-19(31-3)10-7-17/h6-12,16,20,24-25H,4-5,13-15H2,1-3H3,(H,29,30). The number of carboxylic acid groups (broad SMARTS) is 1. The molecular formula is C26H31NO6. The average Bonchev–Trinajstić information content (AvgIpc) is 3.44. The molecule has 3 unspecified atom stereocenters. The van der Waals surface area contributed by atoms with E-state index in [0.29, 0.717) is 23.8 Å². The summed E-state index contributed by atoms with van der Waals surface area (Å²) in [6.45, 7) is 4.91. The van der Waals surface area contributed by atoms with E-state index in [2.05, 4.69) is 0 Å². The minimum Gasteiger partial charge on any atom is -0.497 e. The Morgan fingerprint density at radius 2 is 1.73 bits per heavy atom. The van der Waals surface area contributed by atoms with Crippen LogP contribution in [0.3, 0.4) is 0 Å². The maximum absolute atomic E-state index is 13.1. The zero-order valence-corrected chi connectivity index (χ0v) is 19.3. The Bertz CT molecular complexity index is 1000. The number of carbonyl (C=O) groups excluding carboxylic acids is 1. The van der Waals surface area contributed by atoms with Gasteiger partial charge in [-0.05, 0) is 48.2 Å². The number of aliphatic carboxylic acids is 1. The zero-order valence-electron chi connectivity index (χ0n) is 19.3. The van der Waals surface area contributed by atoms with Crippen molar-refractivity contribution in [1.29, 1.82) is 0 Å². The lowest BCUT2D eigenvalue weighted by Crippen LogP contribution is -2.35. The zero-order chi connectivity index (χ0) is 23.5. The molecule has 7 nitrogen and oxygen atoms in total. The van der Waals surface area contributed by atoms with E-state index in [1.807, 2.05) is 61.2 Å². The second-order valence-corrected chi connectivity index (χ2v) is 8.71. The van der Waals surface area contributed by atoms with Crippen LogP contribution < -0.4 is 14.2 Å². The topological polar surface area (TPSA) is 85.3 Å². The number of ether oxygens (including phenoxy) is 3. The number of nitrogens with zero attached hydrogens (tertiary/aromatic N) is 1. The number of Topliss-reactive ketones (excluding diaryl/α,β-unsaturated/α-hetero) is 1. The number of methoxy groups -OCH3 is 1. The molecule has 1 fully saturated rings. The summed E-state index contributed by atoms with van der Waals surface area (Å²) < 4.78 is 16.2. The van der Waals surface area contributed by atoms with Gasteiger partial charge in [-0.2, -0.15) is 0 Å². The lowest BCUT2D eigenvalue weighted by Gasteiger charge is -2.28. The van der Waals surface area contributed by atoms with Crippen LogP contribution in [0, 0.1) is 11.8 Å². The lowest BCUT2D eigenvalue weighted by molar-refractivity contribution is -0.143. The molecule has 176 valence electrons. The Labute approximate surface area is 194 Å². The van der Waals surface area contributed by atoms with Gasteiger partial charge in [0.2, 0.25) is 6.79 Å². The van der Waals surface area contributed by atoms with E-state index in [4.69, 9.17) is 14.2 Å². The van der Waals surface area contributed by atoms with E-state index in [9.17, 15) is 14.7 Å². The third-order valence-electron chi connectivity index (χ3n) is 6.97. The average molecular weight is 454 g/mol. The van der Waals surface area contributed by atoms with E-state index < -0.39 is 17.9 Å². The summed E-state index contributed by atoms with van der Waals surface area (Å²) in [5.41, 5.74) is 1.74. The molecule has 0 bridgehead atoms. The monoisotopic (exact) mass is 453 g/mol. The number of hydrogen-bond donors (Lipinski definition) is 1. The van der Waals surface area contributed by atoms with Crippen LogP contribution in [0.5, 0.6) is 17.2 Å². The largest absolute Gasteiger partial charge is 0.497 e.